The smallest absolute Gasteiger partial charge is 0.344 e. The summed E-state index contributed by atoms with van der Waals surface area (Å²) in [4.78, 5) is 13.4. The number of aliphatic hydroxyl groups is 2. The first-order valence-corrected chi connectivity index (χ1v) is 17.0. The zero-order chi connectivity index (χ0) is 34.0. The first-order chi connectivity index (χ1) is 23.5. The summed E-state index contributed by atoms with van der Waals surface area (Å²) in [6, 6.07) is 29.3. The molecule has 0 fully saturated rings. The fraction of sp³-hybridized carbons (Fsp3) is 0.308. The van der Waals surface area contributed by atoms with Crippen molar-refractivity contribution in [1.82, 2.24) is 5.32 Å². The summed E-state index contributed by atoms with van der Waals surface area (Å²) in [7, 11) is 0. The van der Waals surface area contributed by atoms with Gasteiger partial charge in [0.2, 0.25) is 0 Å². The maximum atomic E-state index is 13.4. The molecular formula is C39H43Cl2NO6. The third kappa shape index (κ3) is 12.2. The van der Waals surface area contributed by atoms with Gasteiger partial charge in [0, 0.05) is 34.3 Å². The van der Waals surface area contributed by atoms with Crippen molar-refractivity contribution < 1.29 is 29.2 Å². The number of unbranched alkanes of at least 4 members (excludes halogenated alkanes) is 3. The van der Waals surface area contributed by atoms with E-state index in [1.165, 1.54) is 0 Å². The Kier molecular flexibility index (Phi) is 16.1. The second-order valence-corrected chi connectivity index (χ2v) is 12.1. The van der Waals surface area contributed by atoms with Crippen LogP contribution < -0.4 is 10.1 Å². The molecule has 7 nitrogen and oxygen atoms in total. The number of benzene rings is 4. The molecule has 0 bridgehead atoms. The zero-order valence-electron chi connectivity index (χ0n) is 27.0. The molecule has 3 N–H and O–H groups in total. The van der Waals surface area contributed by atoms with Gasteiger partial charge in [-0.3, -0.25) is 0 Å². The fourth-order valence-electron chi connectivity index (χ4n) is 5.01. The van der Waals surface area contributed by atoms with Gasteiger partial charge in [-0.2, -0.15) is 0 Å². The highest BCUT2D eigenvalue weighted by Gasteiger charge is 2.18. The van der Waals surface area contributed by atoms with Gasteiger partial charge in [0.25, 0.3) is 0 Å². The average Bonchev–Trinajstić information content (AvgIpc) is 3.11. The molecule has 0 saturated carbocycles. The van der Waals surface area contributed by atoms with Crippen LogP contribution in [0.15, 0.2) is 97.1 Å². The Labute approximate surface area is 293 Å². The molecule has 254 valence electrons. The van der Waals surface area contributed by atoms with E-state index in [1.807, 2.05) is 66.7 Å². The van der Waals surface area contributed by atoms with Crippen molar-refractivity contribution in [3.63, 3.8) is 0 Å². The summed E-state index contributed by atoms with van der Waals surface area (Å²) in [6.07, 6.45) is 5.05. The van der Waals surface area contributed by atoms with Gasteiger partial charge < -0.3 is 29.7 Å². The molecule has 0 aliphatic rings. The van der Waals surface area contributed by atoms with Crippen molar-refractivity contribution in [2.75, 3.05) is 32.9 Å². The maximum absolute atomic E-state index is 13.4. The second kappa shape index (κ2) is 20.8. The molecule has 4 rings (SSSR count). The molecule has 0 amide bonds. The minimum absolute atomic E-state index is 0.250. The Hall–Kier alpha value is -3.53. The Morgan fingerprint density at radius 1 is 0.792 bits per heavy atom. The molecule has 0 aliphatic carbocycles. The van der Waals surface area contributed by atoms with Crippen LogP contribution in [0.5, 0.6) is 5.75 Å². The van der Waals surface area contributed by atoms with Crippen molar-refractivity contribution in [3.8, 4) is 5.75 Å². The van der Waals surface area contributed by atoms with Gasteiger partial charge in [0.05, 0.1) is 38.1 Å². The Balaban J connectivity index is 1.13. The number of hydrogen-bond acceptors (Lipinski definition) is 7. The summed E-state index contributed by atoms with van der Waals surface area (Å²) in [5, 5.41) is 25.3. The van der Waals surface area contributed by atoms with E-state index in [-0.39, 0.29) is 12.4 Å². The largest absolute Gasteiger partial charge is 0.423 e. The zero-order valence-corrected chi connectivity index (χ0v) is 28.5. The van der Waals surface area contributed by atoms with Gasteiger partial charge in [0.15, 0.2) is 0 Å². The highest BCUT2D eigenvalue weighted by molar-refractivity contribution is 6.35. The average molecular weight is 693 g/mol. The summed E-state index contributed by atoms with van der Waals surface area (Å²) < 4.78 is 17.1. The number of rotatable bonds is 20. The molecule has 0 aromatic heterocycles. The Bertz CT molecular complexity index is 1560. The van der Waals surface area contributed by atoms with E-state index in [0.29, 0.717) is 59.7 Å². The molecule has 0 unspecified atom stereocenters. The molecule has 48 heavy (non-hydrogen) atoms. The summed E-state index contributed by atoms with van der Waals surface area (Å²) in [5.41, 5.74) is 3.83. The maximum Gasteiger partial charge on any atom is 0.344 e. The molecule has 9 heteroatoms. The van der Waals surface area contributed by atoms with Gasteiger partial charge in [-0.25, -0.2) is 4.79 Å². The summed E-state index contributed by atoms with van der Waals surface area (Å²) in [6.45, 7) is 2.83. The summed E-state index contributed by atoms with van der Waals surface area (Å²) >= 11 is 12.3. The number of carbonyl (C=O) groups excluding carboxylic acids is 1. The van der Waals surface area contributed by atoms with Crippen LogP contribution in [-0.4, -0.2) is 49.1 Å². The number of halogens is 2. The number of ether oxygens (including phenoxy) is 3. The first-order valence-electron chi connectivity index (χ1n) is 16.2. The fourth-order valence-corrected chi connectivity index (χ4v) is 5.51. The highest BCUT2D eigenvalue weighted by Crippen LogP contribution is 2.27. The first kappa shape index (κ1) is 37.3. The van der Waals surface area contributed by atoms with Gasteiger partial charge in [-0.15, -0.1) is 0 Å². The number of aliphatic hydroxyl groups excluding tert-OH is 2. The van der Waals surface area contributed by atoms with E-state index in [9.17, 15) is 15.0 Å². The standard InChI is InChI=1S/C39H43Cl2NO6/c40-35-16-11-17-36(41)34(35)28-47-23-22-46-21-10-2-1-9-20-42-26-37(44)31-18-19-38(32(25-31)27-43)48-39(45)33(30-14-7-4-8-15-30)24-29-12-5-3-6-13-29/h3-8,11-19,24-25,37,42-44H,1-2,9-10,20-23,26-28H2/b33-24+/t37-/m0/s1. The highest BCUT2D eigenvalue weighted by atomic mass is 35.5. The normalized spacial score (nSPS) is 12.2. The third-order valence-electron chi connectivity index (χ3n) is 7.67. The van der Waals surface area contributed by atoms with Crippen LogP contribution in [0.25, 0.3) is 11.6 Å². The lowest BCUT2D eigenvalue weighted by atomic mass is 10.0. The molecule has 4 aromatic carbocycles. The SMILES string of the molecule is O=C(Oc1ccc([C@@H](O)CNCCCCCCOCCOCc2c(Cl)cccc2Cl)cc1CO)/C(=C/c1ccccc1)c1ccccc1. The van der Waals surface area contributed by atoms with Gasteiger partial charge in [-0.1, -0.05) is 109 Å². The Morgan fingerprint density at radius 2 is 1.48 bits per heavy atom. The van der Waals surface area contributed by atoms with Crippen LogP contribution in [0, 0.1) is 0 Å². The minimum Gasteiger partial charge on any atom is -0.423 e. The lowest BCUT2D eigenvalue weighted by Gasteiger charge is -2.16. The van der Waals surface area contributed by atoms with Crippen LogP contribution in [-0.2, 0) is 27.5 Å². The van der Waals surface area contributed by atoms with Crippen molar-refractivity contribution >= 4 is 40.8 Å². The molecule has 0 saturated heterocycles. The molecule has 0 radical (unpaired) electrons. The predicted octanol–water partition coefficient (Wildman–Crippen LogP) is 8.05. The number of esters is 1. The van der Waals surface area contributed by atoms with Gasteiger partial charge >= 0.3 is 5.97 Å². The van der Waals surface area contributed by atoms with Crippen LogP contribution in [0.3, 0.4) is 0 Å². The molecule has 4 aromatic rings. The molecule has 1 atom stereocenters. The van der Waals surface area contributed by atoms with Crippen molar-refractivity contribution in [2.45, 2.75) is 45.0 Å². The molecular weight excluding hydrogens is 649 g/mol. The minimum atomic E-state index is -0.775. The van der Waals surface area contributed by atoms with E-state index in [4.69, 9.17) is 37.4 Å². The van der Waals surface area contributed by atoms with Crippen LogP contribution in [0.2, 0.25) is 10.0 Å². The van der Waals surface area contributed by atoms with Crippen molar-refractivity contribution in [1.29, 1.82) is 0 Å². The van der Waals surface area contributed by atoms with E-state index >= 15 is 0 Å². The van der Waals surface area contributed by atoms with E-state index in [2.05, 4.69) is 5.32 Å². The van der Waals surface area contributed by atoms with Crippen LogP contribution in [0.1, 0.15) is 59.6 Å². The molecule has 0 spiro atoms. The number of hydrogen-bond donors (Lipinski definition) is 3. The second-order valence-electron chi connectivity index (χ2n) is 11.2. The third-order valence-corrected chi connectivity index (χ3v) is 8.38. The molecule has 0 heterocycles. The van der Waals surface area contributed by atoms with E-state index < -0.39 is 12.1 Å². The lowest BCUT2D eigenvalue weighted by Crippen LogP contribution is -2.22. The topological polar surface area (TPSA) is 97.3 Å². The molecule has 0 aliphatic heterocycles. The number of nitrogens with one attached hydrogen (secondary N) is 1. The van der Waals surface area contributed by atoms with E-state index in [1.54, 1.807) is 36.4 Å². The monoisotopic (exact) mass is 691 g/mol. The van der Waals surface area contributed by atoms with E-state index in [0.717, 1.165) is 48.9 Å². The Morgan fingerprint density at radius 3 is 2.21 bits per heavy atom. The van der Waals surface area contributed by atoms with Crippen LogP contribution >= 0.6 is 23.2 Å². The number of carbonyl (C=O) groups is 1. The van der Waals surface area contributed by atoms with Gasteiger partial charge in [-0.05, 0) is 66.4 Å². The van der Waals surface area contributed by atoms with Crippen LogP contribution in [0.4, 0.5) is 0 Å². The van der Waals surface area contributed by atoms with Gasteiger partial charge in [0.1, 0.15) is 5.75 Å². The van der Waals surface area contributed by atoms with Crippen molar-refractivity contribution in [3.05, 3.63) is 135 Å². The lowest BCUT2D eigenvalue weighted by molar-refractivity contribution is -0.127. The summed E-state index contributed by atoms with van der Waals surface area (Å²) in [5.74, 6) is -0.287. The van der Waals surface area contributed by atoms with Crippen molar-refractivity contribution in [2.24, 2.45) is 0 Å². The predicted molar refractivity (Wildman–Crippen MR) is 192 cm³/mol. The quantitative estimate of drug-likeness (QED) is 0.0284.